The standard InChI is InChI=1S/C25H24ClFN4O/c1-14(16-8-6-5-7-9-16)30-23-19-10-17(11-20(27)22(19)31-15(2)21(23)26)18-12-28-24(29-13-18)25(3,4)32/h5-14,32H,1-4H3,(H,30,31). The number of hydrogen-bond donors (Lipinski definition) is 2. The van der Waals surface area contributed by atoms with Crippen LogP contribution in [0.4, 0.5) is 10.1 Å². The lowest BCUT2D eigenvalue weighted by Gasteiger charge is -2.20. The zero-order chi connectivity index (χ0) is 23.0. The van der Waals surface area contributed by atoms with E-state index in [1.807, 2.05) is 43.3 Å². The lowest BCUT2D eigenvalue weighted by molar-refractivity contribution is 0.0687. The van der Waals surface area contributed by atoms with E-state index in [0.717, 1.165) is 5.56 Å². The first-order valence-electron chi connectivity index (χ1n) is 10.3. The van der Waals surface area contributed by atoms with Crippen LogP contribution in [0.15, 0.2) is 54.9 Å². The zero-order valence-corrected chi connectivity index (χ0v) is 19.1. The van der Waals surface area contributed by atoms with Gasteiger partial charge in [0.05, 0.1) is 16.4 Å². The molecule has 0 fully saturated rings. The molecule has 1 unspecified atom stereocenters. The Kier molecular flexibility index (Phi) is 5.84. The summed E-state index contributed by atoms with van der Waals surface area (Å²) in [5.41, 5.74) is 2.55. The van der Waals surface area contributed by atoms with Crippen LogP contribution in [-0.4, -0.2) is 20.1 Å². The Morgan fingerprint density at radius 3 is 2.34 bits per heavy atom. The van der Waals surface area contributed by atoms with Crippen molar-refractivity contribution in [2.24, 2.45) is 0 Å². The Morgan fingerprint density at radius 1 is 1.06 bits per heavy atom. The van der Waals surface area contributed by atoms with Crippen LogP contribution >= 0.6 is 11.6 Å². The largest absolute Gasteiger partial charge is 0.382 e. The second-order valence-corrected chi connectivity index (χ2v) is 8.75. The van der Waals surface area contributed by atoms with Crippen LogP contribution in [0, 0.1) is 12.7 Å². The fourth-order valence-corrected chi connectivity index (χ4v) is 3.76. The molecule has 0 saturated heterocycles. The molecule has 0 aliphatic carbocycles. The van der Waals surface area contributed by atoms with Crippen LogP contribution in [0.25, 0.3) is 22.0 Å². The van der Waals surface area contributed by atoms with Crippen LogP contribution in [0.2, 0.25) is 5.02 Å². The van der Waals surface area contributed by atoms with E-state index in [1.54, 1.807) is 33.2 Å². The van der Waals surface area contributed by atoms with Gasteiger partial charge in [-0.05, 0) is 51.0 Å². The van der Waals surface area contributed by atoms with E-state index < -0.39 is 11.4 Å². The molecule has 0 spiro atoms. The highest BCUT2D eigenvalue weighted by Crippen LogP contribution is 2.38. The number of aliphatic hydroxyl groups is 1. The Bertz CT molecular complexity index is 1270. The third kappa shape index (κ3) is 4.29. The quantitative estimate of drug-likeness (QED) is 0.379. The van der Waals surface area contributed by atoms with E-state index in [9.17, 15) is 5.11 Å². The lowest BCUT2D eigenvalue weighted by atomic mass is 10.0. The van der Waals surface area contributed by atoms with Crippen LogP contribution in [-0.2, 0) is 5.60 Å². The Labute approximate surface area is 191 Å². The van der Waals surface area contributed by atoms with Crippen LogP contribution < -0.4 is 5.32 Å². The number of nitrogens with zero attached hydrogens (tertiary/aromatic N) is 3. The van der Waals surface area contributed by atoms with E-state index in [1.165, 1.54) is 6.07 Å². The van der Waals surface area contributed by atoms with Gasteiger partial charge in [-0.2, -0.15) is 0 Å². The summed E-state index contributed by atoms with van der Waals surface area (Å²) in [6, 6.07) is 13.1. The van der Waals surface area contributed by atoms with E-state index in [4.69, 9.17) is 11.6 Å². The normalized spacial score (nSPS) is 12.7. The average Bonchev–Trinajstić information content (AvgIpc) is 2.77. The number of pyridine rings is 1. The van der Waals surface area contributed by atoms with Gasteiger partial charge in [0.1, 0.15) is 16.9 Å². The fraction of sp³-hybridized carbons (Fsp3) is 0.240. The van der Waals surface area contributed by atoms with Gasteiger partial charge in [0.25, 0.3) is 0 Å². The minimum absolute atomic E-state index is 0.0557. The number of nitrogens with one attached hydrogen (secondary N) is 1. The number of anilines is 1. The average molecular weight is 451 g/mol. The van der Waals surface area contributed by atoms with Gasteiger partial charge in [0, 0.05) is 29.4 Å². The van der Waals surface area contributed by atoms with Gasteiger partial charge in [-0.3, -0.25) is 0 Å². The molecule has 2 heterocycles. The first kappa shape index (κ1) is 22.1. The van der Waals surface area contributed by atoms with Gasteiger partial charge in [-0.1, -0.05) is 41.9 Å². The maximum Gasteiger partial charge on any atom is 0.159 e. The molecule has 0 bridgehead atoms. The summed E-state index contributed by atoms with van der Waals surface area (Å²) in [6.07, 6.45) is 3.15. The SMILES string of the molecule is Cc1nc2c(F)cc(-c3cnc(C(C)(C)O)nc3)cc2c(NC(C)c2ccccc2)c1Cl. The number of aryl methyl sites for hydroxylation is 1. The predicted molar refractivity (Wildman–Crippen MR) is 126 cm³/mol. The van der Waals surface area contributed by atoms with Crippen molar-refractivity contribution in [2.75, 3.05) is 5.32 Å². The molecule has 0 radical (unpaired) electrons. The third-order valence-corrected chi connectivity index (χ3v) is 5.80. The minimum atomic E-state index is -1.16. The summed E-state index contributed by atoms with van der Waals surface area (Å²) in [6.45, 7) is 7.01. The maximum atomic E-state index is 15.1. The van der Waals surface area contributed by atoms with Gasteiger partial charge in [0.15, 0.2) is 5.82 Å². The van der Waals surface area contributed by atoms with Gasteiger partial charge < -0.3 is 10.4 Å². The fourth-order valence-electron chi connectivity index (χ4n) is 3.56. The minimum Gasteiger partial charge on any atom is -0.382 e. The van der Waals surface area contributed by atoms with Crippen molar-refractivity contribution >= 4 is 28.2 Å². The number of halogens is 2. The van der Waals surface area contributed by atoms with Crippen molar-refractivity contribution in [1.29, 1.82) is 0 Å². The lowest BCUT2D eigenvalue weighted by Crippen LogP contribution is -2.19. The van der Waals surface area contributed by atoms with Crippen molar-refractivity contribution in [2.45, 2.75) is 39.3 Å². The van der Waals surface area contributed by atoms with Crippen molar-refractivity contribution in [3.63, 3.8) is 0 Å². The van der Waals surface area contributed by atoms with Crippen LogP contribution in [0.3, 0.4) is 0 Å². The monoisotopic (exact) mass is 450 g/mol. The summed E-state index contributed by atoms with van der Waals surface area (Å²) >= 11 is 6.63. The number of fused-ring (bicyclic) bond motifs is 1. The molecule has 4 rings (SSSR count). The second kappa shape index (κ2) is 8.45. The molecule has 1 atom stereocenters. The highest BCUT2D eigenvalue weighted by atomic mass is 35.5. The topological polar surface area (TPSA) is 70.9 Å². The van der Waals surface area contributed by atoms with E-state index in [0.29, 0.717) is 38.7 Å². The first-order valence-corrected chi connectivity index (χ1v) is 10.7. The molecule has 2 N–H and O–H groups in total. The molecule has 0 aliphatic rings. The summed E-state index contributed by atoms with van der Waals surface area (Å²) in [4.78, 5) is 12.9. The van der Waals surface area contributed by atoms with Crippen molar-refractivity contribution in [3.05, 3.63) is 82.8 Å². The van der Waals surface area contributed by atoms with E-state index in [2.05, 4.69) is 20.3 Å². The summed E-state index contributed by atoms with van der Waals surface area (Å²) in [5, 5.41) is 14.6. The molecule has 4 aromatic rings. The molecule has 164 valence electrons. The Hall–Kier alpha value is -3.09. The highest BCUT2D eigenvalue weighted by Gasteiger charge is 2.21. The van der Waals surface area contributed by atoms with Gasteiger partial charge in [0.2, 0.25) is 0 Å². The molecule has 0 saturated carbocycles. The number of hydrogen-bond acceptors (Lipinski definition) is 5. The third-order valence-electron chi connectivity index (χ3n) is 5.34. The van der Waals surface area contributed by atoms with Gasteiger partial charge >= 0.3 is 0 Å². The smallest absolute Gasteiger partial charge is 0.159 e. The van der Waals surface area contributed by atoms with Crippen molar-refractivity contribution in [1.82, 2.24) is 15.0 Å². The van der Waals surface area contributed by atoms with Crippen LogP contribution in [0.1, 0.15) is 43.9 Å². The molecular formula is C25H24ClFN4O. The molecule has 2 aromatic heterocycles. The Balaban J connectivity index is 1.83. The zero-order valence-electron chi connectivity index (χ0n) is 18.3. The molecular weight excluding hydrogens is 427 g/mol. The molecule has 32 heavy (non-hydrogen) atoms. The molecule has 0 aliphatic heterocycles. The number of rotatable bonds is 5. The summed E-state index contributed by atoms with van der Waals surface area (Å²) in [7, 11) is 0. The highest BCUT2D eigenvalue weighted by molar-refractivity contribution is 6.35. The number of benzene rings is 2. The molecule has 5 nitrogen and oxygen atoms in total. The number of aromatic nitrogens is 3. The predicted octanol–water partition coefficient (Wildman–Crippen LogP) is 6.19. The molecule has 2 aromatic carbocycles. The van der Waals surface area contributed by atoms with Gasteiger partial charge in [-0.15, -0.1) is 0 Å². The van der Waals surface area contributed by atoms with E-state index in [-0.39, 0.29) is 11.6 Å². The van der Waals surface area contributed by atoms with E-state index >= 15 is 4.39 Å². The molecule has 0 amide bonds. The van der Waals surface area contributed by atoms with Gasteiger partial charge in [-0.25, -0.2) is 19.3 Å². The summed E-state index contributed by atoms with van der Waals surface area (Å²) < 4.78 is 15.1. The summed E-state index contributed by atoms with van der Waals surface area (Å²) in [5.74, 6) is -0.166. The molecule has 7 heteroatoms. The maximum absolute atomic E-state index is 15.1. The Morgan fingerprint density at radius 2 is 1.72 bits per heavy atom. The van der Waals surface area contributed by atoms with Crippen molar-refractivity contribution < 1.29 is 9.50 Å². The first-order chi connectivity index (χ1) is 15.1. The van der Waals surface area contributed by atoms with Crippen LogP contribution in [0.5, 0.6) is 0 Å². The van der Waals surface area contributed by atoms with Crippen molar-refractivity contribution in [3.8, 4) is 11.1 Å². The second-order valence-electron chi connectivity index (χ2n) is 8.37.